The Labute approximate surface area is 179 Å². The van der Waals surface area contributed by atoms with Gasteiger partial charge in [-0.1, -0.05) is 6.07 Å². The molecule has 2 aromatic rings. The van der Waals surface area contributed by atoms with Crippen molar-refractivity contribution in [3.8, 4) is 6.07 Å². The number of nitriles is 1. The number of hydrogen-bond acceptors (Lipinski definition) is 6. The third-order valence-corrected chi connectivity index (χ3v) is 4.72. The number of carbonyl (C=O) groups is 2. The molecule has 0 radical (unpaired) electrons. The van der Waals surface area contributed by atoms with Crippen LogP contribution in [0.4, 0.5) is 25.4 Å². The predicted octanol–water partition coefficient (Wildman–Crippen LogP) is 3.01. The number of nitrogens with zero attached hydrogens (tertiary/aromatic N) is 4. The first-order valence-electron chi connectivity index (χ1n) is 9.85. The summed E-state index contributed by atoms with van der Waals surface area (Å²) in [6.07, 6.45) is 1.04. The first kappa shape index (κ1) is 22.0. The van der Waals surface area contributed by atoms with Crippen molar-refractivity contribution < 1.29 is 18.7 Å². The van der Waals surface area contributed by atoms with Gasteiger partial charge in [0.25, 0.3) is 0 Å². The number of anilines is 2. The summed E-state index contributed by atoms with van der Waals surface area (Å²) in [5.41, 5.74) is 1.50. The molecule has 0 unspecified atom stereocenters. The van der Waals surface area contributed by atoms with Crippen molar-refractivity contribution in [2.75, 3.05) is 43.4 Å². The van der Waals surface area contributed by atoms with Crippen LogP contribution >= 0.6 is 0 Å². The molecule has 1 aromatic heterocycles. The zero-order valence-corrected chi connectivity index (χ0v) is 17.1. The van der Waals surface area contributed by atoms with Gasteiger partial charge in [-0.2, -0.15) is 5.26 Å². The van der Waals surface area contributed by atoms with Crippen molar-refractivity contribution in [1.29, 1.82) is 5.26 Å². The maximum Gasteiger partial charge on any atom is 0.409 e. The fourth-order valence-electron chi connectivity index (χ4n) is 3.15. The lowest BCUT2D eigenvalue weighted by Crippen LogP contribution is -2.48. The fraction of sp³-hybridized carbons (Fsp3) is 0.333. The van der Waals surface area contributed by atoms with E-state index in [0.29, 0.717) is 45.0 Å². The summed E-state index contributed by atoms with van der Waals surface area (Å²) in [5.74, 6) is -0.552. The molecule has 1 aliphatic rings. The fourth-order valence-corrected chi connectivity index (χ4v) is 3.15. The number of halogens is 1. The van der Waals surface area contributed by atoms with Crippen LogP contribution in [0.3, 0.4) is 0 Å². The molecule has 2 heterocycles. The van der Waals surface area contributed by atoms with E-state index in [9.17, 15) is 14.0 Å². The molecule has 2 N–H and O–H groups in total. The molecule has 0 saturated carbocycles. The van der Waals surface area contributed by atoms with Gasteiger partial charge in [-0.05, 0) is 36.8 Å². The molecule has 0 aliphatic carbocycles. The van der Waals surface area contributed by atoms with Crippen LogP contribution in [-0.4, -0.2) is 59.7 Å². The predicted molar refractivity (Wildman–Crippen MR) is 112 cm³/mol. The van der Waals surface area contributed by atoms with Gasteiger partial charge in [0.2, 0.25) is 0 Å². The highest BCUT2D eigenvalue weighted by molar-refractivity contribution is 5.99. The number of carbonyl (C=O) groups excluding carboxylic acids is 2. The molecule has 0 spiro atoms. The van der Waals surface area contributed by atoms with Crippen LogP contribution in [0.15, 0.2) is 36.5 Å². The van der Waals surface area contributed by atoms with E-state index < -0.39 is 11.8 Å². The molecule has 9 nitrogen and oxygen atoms in total. The van der Waals surface area contributed by atoms with Crippen LogP contribution in [0, 0.1) is 17.1 Å². The number of rotatable bonds is 5. The van der Waals surface area contributed by atoms with E-state index in [2.05, 4.69) is 20.5 Å². The van der Waals surface area contributed by atoms with E-state index in [4.69, 9.17) is 10.00 Å². The van der Waals surface area contributed by atoms with E-state index >= 15 is 0 Å². The Kier molecular flexibility index (Phi) is 7.35. The smallest absolute Gasteiger partial charge is 0.409 e. The highest BCUT2D eigenvalue weighted by Crippen LogP contribution is 2.19. The van der Waals surface area contributed by atoms with E-state index in [1.54, 1.807) is 24.0 Å². The van der Waals surface area contributed by atoms with E-state index in [1.165, 1.54) is 24.4 Å². The molecule has 3 rings (SSSR count). The van der Waals surface area contributed by atoms with Gasteiger partial charge in [0, 0.05) is 32.7 Å². The quantitative estimate of drug-likeness (QED) is 0.760. The van der Waals surface area contributed by atoms with Crippen molar-refractivity contribution in [1.82, 2.24) is 14.8 Å². The van der Waals surface area contributed by atoms with E-state index in [1.807, 2.05) is 6.07 Å². The number of ether oxygens (including phenoxy) is 1. The van der Waals surface area contributed by atoms with Gasteiger partial charge in [-0.15, -0.1) is 0 Å². The number of amides is 3. The number of benzene rings is 1. The molecule has 10 heteroatoms. The molecule has 0 bridgehead atoms. The molecule has 1 aliphatic heterocycles. The first-order chi connectivity index (χ1) is 15.0. The summed E-state index contributed by atoms with van der Waals surface area (Å²) in [5, 5.41) is 13.8. The maximum atomic E-state index is 14.2. The lowest BCUT2D eigenvalue weighted by atomic mass is 10.1. The lowest BCUT2D eigenvalue weighted by molar-refractivity contribution is 0.0778. The van der Waals surface area contributed by atoms with Crippen LogP contribution < -0.4 is 10.6 Å². The Morgan fingerprint density at radius 2 is 1.97 bits per heavy atom. The highest BCUT2D eigenvalue weighted by Gasteiger charge is 2.22. The van der Waals surface area contributed by atoms with Crippen LogP contribution in [0.5, 0.6) is 0 Å². The summed E-state index contributed by atoms with van der Waals surface area (Å²) in [7, 11) is 0. The van der Waals surface area contributed by atoms with Gasteiger partial charge >= 0.3 is 12.1 Å². The number of piperazine rings is 1. The van der Waals surface area contributed by atoms with Gasteiger partial charge in [-0.3, -0.25) is 4.90 Å². The average Bonchev–Trinajstić information content (AvgIpc) is 2.77. The minimum Gasteiger partial charge on any atom is -0.450 e. The SMILES string of the molecule is CCOC(=O)N1CCN(Cc2ccc(F)c(NC(=O)Nc3ccc(C#N)nc3)c2)CC1. The minimum absolute atomic E-state index is 0.0572. The first-order valence-corrected chi connectivity index (χ1v) is 9.85. The minimum atomic E-state index is -0.620. The zero-order valence-electron chi connectivity index (χ0n) is 17.1. The Balaban J connectivity index is 1.55. The van der Waals surface area contributed by atoms with Crippen LogP contribution in [0.2, 0.25) is 0 Å². The largest absolute Gasteiger partial charge is 0.450 e. The summed E-state index contributed by atoms with van der Waals surface area (Å²) in [6, 6.07) is 8.84. The van der Waals surface area contributed by atoms with Gasteiger partial charge in [0.1, 0.15) is 17.6 Å². The topological polar surface area (TPSA) is 111 Å². The van der Waals surface area contributed by atoms with Crippen molar-refractivity contribution >= 4 is 23.5 Å². The van der Waals surface area contributed by atoms with Gasteiger partial charge in [-0.25, -0.2) is 19.0 Å². The molecular weight excluding hydrogens is 403 g/mol. The summed E-state index contributed by atoms with van der Waals surface area (Å²) >= 11 is 0. The molecule has 1 saturated heterocycles. The number of hydrogen-bond donors (Lipinski definition) is 2. The van der Waals surface area contributed by atoms with E-state index in [0.717, 1.165) is 5.56 Å². The normalized spacial score (nSPS) is 13.9. The third-order valence-electron chi connectivity index (χ3n) is 4.72. The van der Waals surface area contributed by atoms with Gasteiger partial charge < -0.3 is 20.3 Å². The monoisotopic (exact) mass is 426 g/mol. The average molecular weight is 426 g/mol. The number of pyridine rings is 1. The Morgan fingerprint density at radius 3 is 2.61 bits per heavy atom. The summed E-state index contributed by atoms with van der Waals surface area (Å²) in [6.45, 7) is 5.15. The van der Waals surface area contributed by atoms with Crippen LogP contribution in [0.1, 0.15) is 18.2 Å². The second-order valence-electron chi connectivity index (χ2n) is 6.90. The molecule has 162 valence electrons. The van der Waals surface area contributed by atoms with Gasteiger partial charge in [0.05, 0.1) is 24.2 Å². The maximum absolute atomic E-state index is 14.2. The van der Waals surface area contributed by atoms with Crippen molar-refractivity contribution in [3.05, 3.63) is 53.6 Å². The molecular formula is C21H23FN6O3. The van der Waals surface area contributed by atoms with E-state index in [-0.39, 0.29) is 17.5 Å². The number of urea groups is 1. The second kappa shape index (κ2) is 10.4. The van der Waals surface area contributed by atoms with Crippen molar-refractivity contribution in [2.24, 2.45) is 0 Å². The standard InChI is InChI=1S/C21H23FN6O3/c1-2-31-21(30)28-9-7-27(8-10-28)14-15-3-6-18(22)19(11-15)26-20(29)25-17-5-4-16(12-23)24-13-17/h3-6,11,13H,2,7-10,14H2,1H3,(H2,25,26,29). The second-order valence-corrected chi connectivity index (χ2v) is 6.90. The summed E-state index contributed by atoms with van der Waals surface area (Å²) < 4.78 is 19.2. The zero-order chi connectivity index (χ0) is 22.2. The Bertz CT molecular complexity index is 968. The number of nitrogens with one attached hydrogen (secondary N) is 2. The molecule has 1 aromatic carbocycles. The van der Waals surface area contributed by atoms with Crippen LogP contribution in [0.25, 0.3) is 0 Å². The van der Waals surface area contributed by atoms with Gasteiger partial charge in [0.15, 0.2) is 0 Å². The van der Waals surface area contributed by atoms with Crippen molar-refractivity contribution in [2.45, 2.75) is 13.5 Å². The Morgan fingerprint density at radius 1 is 1.19 bits per heavy atom. The molecule has 31 heavy (non-hydrogen) atoms. The van der Waals surface area contributed by atoms with Crippen LogP contribution in [-0.2, 0) is 11.3 Å². The third kappa shape index (κ3) is 6.13. The Hall–Kier alpha value is -3.71. The lowest BCUT2D eigenvalue weighted by Gasteiger charge is -2.34. The van der Waals surface area contributed by atoms with Crippen molar-refractivity contribution in [3.63, 3.8) is 0 Å². The molecule has 3 amide bonds. The molecule has 1 fully saturated rings. The highest BCUT2D eigenvalue weighted by atomic mass is 19.1. The summed E-state index contributed by atoms with van der Waals surface area (Å²) in [4.78, 5) is 31.7. The molecule has 0 atom stereocenters. The number of aromatic nitrogens is 1.